The lowest BCUT2D eigenvalue weighted by Crippen LogP contribution is -2.21. The van der Waals surface area contributed by atoms with Crippen LogP contribution >= 0.6 is 0 Å². The van der Waals surface area contributed by atoms with Crippen LogP contribution in [0.25, 0.3) is 0 Å². The summed E-state index contributed by atoms with van der Waals surface area (Å²) in [6, 6.07) is 3.04. The molecular formula is C10H11F3N2O2. The Labute approximate surface area is 95.6 Å². The molecule has 0 bridgehead atoms. The van der Waals surface area contributed by atoms with Crippen molar-refractivity contribution in [3.8, 4) is 5.88 Å². The second-order valence-electron chi connectivity index (χ2n) is 3.46. The second-order valence-corrected chi connectivity index (χ2v) is 3.46. The molecule has 17 heavy (non-hydrogen) atoms. The van der Waals surface area contributed by atoms with Gasteiger partial charge in [-0.3, -0.25) is 4.79 Å². The number of alkyl halides is 3. The van der Waals surface area contributed by atoms with Crippen LogP contribution < -0.4 is 10.5 Å². The van der Waals surface area contributed by atoms with Crippen molar-refractivity contribution >= 4 is 5.91 Å². The molecule has 0 unspecified atom stereocenters. The van der Waals surface area contributed by atoms with Crippen LogP contribution in [-0.2, 0) is 11.2 Å². The Morgan fingerprint density at radius 1 is 1.47 bits per heavy atom. The van der Waals surface area contributed by atoms with E-state index in [4.69, 9.17) is 5.73 Å². The van der Waals surface area contributed by atoms with Gasteiger partial charge >= 0.3 is 6.18 Å². The molecule has 0 saturated carbocycles. The van der Waals surface area contributed by atoms with Gasteiger partial charge in [0, 0.05) is 11.3 Å². The highest BCUT2D eigenvalue weighted by Gasteiger charge is 2.29. The van der Waals surface area contributed by atoms with E-state index in [1.165, 1.54) is 6.07 Å². The van der Waals surface area contributed by atoms with Crippen molar-refractivity contribution in [2.75, 3.05) is 6.61 Å². The molecule has 4 nitrogen and oxygen atoms in total. The van der Waals surface area contributed by atoms with Crippen LogP contribution in [0.3, 0.4) is 0 Å². The van der Waals surface area contributed by atoms with Gasteiger partial charge in [0.2, 0.25) is 11.8 Å². The number of pyridine rings is 1. The molecule has 0 atom stereocenters. The lowest BCUT2D eigenvalue weighted by Gasteiger charge is -2.11. The van der Waals surface area contributed by atoms with Gasteiger partial charge in [-0.2, -0.15) is 13.2 Å². The van der Waals surface area contributed by atoms with E-state index in [0.717, 1.165) is 0 Å². The Hall–Kier alpha value is -1.79. The molecule has 7 heteroatoms. The number of carbonyl (C=O) groups is 1. The number of primary amides is 1. The van der Waals surface area contributed by atoms with Crippen molar-refractivity contribution in [3.63, 3.8) is 0 Å². The number of amides is 1. The number of hydrogen-bond acceptors (Lipinski definition) is 3. The van der Waals surface area contributed by atoms with Gasteiger partial charge in [0.05, 0.1) is 6.42 Å². The predicted molar refractivity (Wildman–Crippen MR) is 53.4 cm³/mol. The SMILES string of the molecule is Cc1ccc(CC(N)=O)c(OCC(F)(F)F)n1. The summed E-state index contributed by atoms with van der Waals surface area (Å²) >= 11 is 0. The summed E-state index contributed by atoms with van der Waals surface area (Å²) in [5.41, 5.74) is 5.71. The van der Waals surface area contributed by atoms with E-state index >= 15 is 0 Å². The van der Waals surface area contributed by atoms with E-state index in [1.54, 1.807) is 13.0 Å². The third-order valence-electron chi connectivity index (χ3n) is 1.82. The maximum atomic E-state index is 12.0. The summed E-state index contributed by atoms with van der Waals surface area (Å²) in [6.45, 7) is 0.156. The lowest BCUT2D eigenvalue weighted by atomic mass is 10.2. The number of aromatic nitrogens is 1. The molecule has 0 aliphatic heterocycles. The average molecular weight is 248 g/mol. The van der Waals surface area contributed by atoms with Gasteiger partial charge in [-0.25, -0.2) is 4.98 Å². The molecular weight excluding hydrogens is 237 g/mol. The van der Waals surface area contributed by atoms with Crippen LogP contribution in [0.4, 0.5) is 13.2 Å². The minimum absolute atomic E-state index is 0.207. The number of rotatable bonds is 4. The zero-order valence-electron chi connectivity index (χ0n) is 9.04. The molecule has 0 saturated heterocycles. The summed E-state index contributed by atoms with van der Waals surface area (Å²) in [7, 11) is 0. The lowest BCUT2D eigenvalue weighted by molar-refractivity contribution is -0.154. The standard InChI is InChI=1S/C10H11F3N2O2/c1-6-2-3-7(4-8(14)16)9(15-6)17-5-10(11,12)13/h2-3H,4-5H2,1H3,(H2,14,16). The van der Waals surface area contributed by atoms with E-state index in [9.17, 15) is 18.0 Å². The monoisotopic (exact) mass is 248 g/mol. The van der Waals surface area contributed by atoms with Gasteiger partial charge in [0.25, 0.3) is 0 Å². The van der Waals surface area contributed by atoms with Crippen LogP contribution in [0.2, 0.25) is 0 Å². The molecule has 2 N–H and O–H groups in total. The number of hydrogen-bond donors (Lipinski definition) is 1. The number of carbonyl (C=O) groups excluding carboxylic acids is 1. The molecule has 1 aromatic heterocycles. The second kappa shape index (κ2) is 5.03. The third-order valence-corrected chi connectivity index (χ3v) is 1.82. The summed E-state index contributed by atoms with van der Waals surface area (Å²) in [4.78, 5) is 14.5. The number of halogens is 3. The first-order valence-electron chi connectivity index (χ1n) is 4.72. The minimum atomic E-state index is -4.45. The van der Waals surface area contributed by atoms with Gasteiger partial charge in [0.15, 0.2) is 6.61 Å². The smallest absolute Gasteiger partial charge is 0.422 e. The molecule has 0 radical (unpaired) electrons. The minimum Gasteiger partial charge on any atom is -0.468 e. The summed E-state index contributed by atoms with van der Waals surface area (Å²) in [5.74, 6) is -0.867. The molecule has 0 aliphatic rings. The topological polar surface area (TPSA) is 65.2 Å². The van der Waals surface area contributed by atoms with E-state index < -0.39 is 18.7 Å². The molecule has 0 fully saturated rings. The highest BCUT2D eigenvalue weighted by atomic mass is 19.4. The van der Waals surface area contributed by atoms with Gasteiger partial charge in [-0.05, 0) is 13.0 Å². The van der Waals surface area contributed by atoms with Gasteiger partial charge < -0.3 is 10.5 Å². The molecule has 0 aromatic carbocycles. The van der Waals surface area contributed by atoms with Crippen molar-refractivity contribution in [1.29, 1.82) is 0 Å². The van der Waals surface area contributed by atoms with Gasteiger partial charge in [0.1, 0.15) is 0 Å². The normalized spacial score (nSPS) is 11.3. The maximum Gasteiger partial charge on any atom is 0.422 e. The van der Waals surface area contributed by atoms with Gasteiger partial charge in [-0.15, -0.1) is 0 Å². The first kappa shape index (κ1) is 13.3. The Bertz CT molecular complexity index is 419. The first-order chi connectivity index (χ1) is 7.78. The molecule has 1 aromatic rings. The summed E-state index contributed by atoms with van der Waals surface area (Å²) < 4.78 is 40.5. The Morgan fingerprint density at radius 3 is 2.65 bits per heavy atom. The first-order valence-corrected chi connectivity index (χ1v) is 4.72. The fraction of sp³-hybridized carbons (Fsp3) is 0.400. The summed E-state index contributed by atoms with van der Waals surface area (Å²) in [5, 5.41) is 0. The van der Waals surface area contributed by atoms with E-state index in [-0.39, 0.29) is 17.9 Å². The van der Waals surface area contributed by atoms with Crippen LogP contribution in [0, 0.1) is 6.92 Å². The zero-order valence-corrected chi connectivity index (χ0v) is 9.04. The molecule has 1 heterocycles. The fourth-order valence-electron chi connectivity index (χ4n) is 1.16. The maximum absolute atomic E-state index is 12.0. The quantitative estimate of drug-likeness (QED) is 0.874. The number of aryl methyl sites for hydroxylation is 1. The van der Waals surface area contributed by atoms with E-state index in [1.807, 2.05) is 0 Å². The highest BCUT2D eigenvalue weighted by Crippen LogP contribution is 2.21. The largest absolute Gasteiger partial charge is 0.468 e. The molecule has 1 amide bonds. The number of nitrogens with two attached hydrogens (primary N) is 1. The number of nitrogens with zero attached hydrogens (tertiary/aromatic N) is 1. The molecule has 0 aliphatic carbocycles. The van der Waals surface area contributed by atoms with Crippen molar-refractivity contribution < 1.29 is 22.7 Å². The van der Waals surface area contributed by atoms with Crippen molar-refractivity contribution in [3.05, 3.63) is 23.4 Å². The Kier molecular flexibility index (Phi) is 3.93. The van der Waals surface area contributed by atoms with Crippen LogP contribution in [-0.4, -0.2) is 23.7 Å². The van der Waals surface area contributed by atoms with E-state index in [2.05, 4.69) is 9.72 Å². The highest BCUT2D eigenvalue weighted by molar-refractivity contribution is 5.77. The number of ether oxygens (including phenoxy) is 1. The fourth-order valence-corrected chi connectivity index (χ4v) is 1.16. The van der Waals surface area contributed by atoms with Crippen molar-refractivity contribution in [2.45, 2.75) is 19.5 Å². The van der Waals surface area contributed by atoms with Crippen molar-refractivity contribution in [2.24, 2.45) is 5.73 Å². The molecule has 94 valence electrons. The Balaban J connectivity index is 2.87. The summed E-state index contributed by atoms with van der Waals surface area (Å²) in [6.07, 6.45) is -4.66. The van der Waals surface area contributed by atoms with E-state index in [0.29, 0.717) is 5.69 Å². The predicted octanol–water partition coefficient (Wildman–Crippen LogP) is 1.36. The zero-order chi connectivity index (χ0) is 13.1. The van der Waals surface area contributed by atoms with Crippen LogP contribution in [0.5, 0.6) is 5.88 Å². The van der Waals surface area contributed by atoms with Crippen LogP contribution in [0.1, 0.15) is 11.3 Å². The van der Waals surface area contributed by atoms with Gasteiger partial charge in [-0.1, -0.05) is 6.07 Å². The Morgan fingerprint density at radius 2 is 2.12 bits per heavy atom. The third kappa shape index (κ3) is 4.71. The average Bonchev–Trinajstić information content (AvgIpc) is 2.16. The molecule has 0 spiro atoms. The van der Waals surface area contributed by atoms with Crippen LogP contribution in [0.15, 0.2) is 12.1 Å². The molecule has 1 rings (SSSR count). The van der Waals surface area contributed by atoms with Crippen molar-refractivity contribution in [1.82, 2.24) is 4.98 Å².